The van der Waals surface area contributed by atoms with Crippen molar-refractivity contribution >= 4 is 5.91 Å². The van der Waals surface area contributed by atoms with Gasteiger partial charge >= 0.3 is 0 Å². The number of phenolic OH excluding ortho intramolecular Hbond substituents is 1. The van der Waals surface area contributed by atoms with Crippen LogP contribution in [-0.2, 0) is 9.47 Å². The van der Waals surface area contributed by atoms with Gasteiger partial charge < -0.3 is 19.9 Å². The minimum atomic E-state index is -0.748. The van der Waals surface area contributed by atoms with Crippen LogP contribution in [0.5, 0.6) is 5.75 Å². The highest BCUT2D eigenvalue weighted by Crippen LogP contribution is 2.17. The monoisotopic (exact) mass is 283 g/mol. The highest BCUT2D eigenvalue weighted by molar-refractivity contribution is 5.94. The quantitative estimate of drug-likeness (QED) is 0.877. The van der Waals surface area contributed by atoms with Crippen LogP contribution in [0.4, 0.5) is 4.39 Å². The maximum atomic E-state index is 13.6. The largest absolute Gasteiger partial charge is 0.508 e. The topological polar surface area (TPSA) is 67.8 Å². The van der Waals surface area contributed by atoms with Gasteiger partial charge in [-0.15, -0.1) is 0 Å². The van der Waals surface area contributed by atoms with E-state index in [0.29, 0.717) is 26.2 Å². The van der Waals surface area contributed by atoms with E-state index in [-0.39, 0.29) is 23.5 Å². The molecule has 1 aliphatic rings. The third-order valence-corrected chi connectivity index (χ3v) is 3.20. The van der Waals surface area contributed by atoms with Gasteiger partial charge in [-0.25, -0.2) is 4.39 Å². The lowest BCUT2D eigenvalue weighted by molar-refractivity contribution is -0.0632. The number of benzene rings is 1. The average molecular weight is 283 g/mol. The van der Waals surface area contributed by atoms with Crippen molar-refractivity contribution in [3.05, 3.63) is 29.6 Å². The summed E-state index contributed by atoms with van der Waals surface area (Å²) in [5.41, 5.74) is -0.0930. The van der Waals surface area contributed by atoms with Gasteiger partial charge in [0.1, 0.15) is 17.7 Å². The highest BCUT2D eigenvalue weighted by Gasteiger charge is 2.28. The van der Waals surface area contributed by atoms with Gasteiger partial charge in [-0.3, -0.25) is 4.79 Å². The van der Waals surface area contributed by atoms with Gasteiger partial charge in [0, 0.05) is 19.3 Å². The van der Waals surface area contributed by atoms with E-state index in [1.165, 1.54) is 12.1 Å². The summed E-state index contributed by atoms with van der Waals surface area (Å²) in [6, 6.07) is 3.25. The molecule has 20 heavy (non-hydrogen) atoms. The van der Waals surface area contributed by atoms with Crippen molar-refractivity contribution in [2.75, 3.05) is 19.8 Å². The molecule has 2 rings (SSSR count). The number of carbonyl (C=O) groups excluding carboxylic acids is 1. The van der Waals surface area contributed by atoms with Crippen molar-refractivity contribution in [3.63, 3.8) is 0 Å². The minimum absolute atomic E-state index is 0.0930. The minimum Gasteiger partial charge on any atom is -0.508 e. The van der Waals surface area contributed by atoms with Crippen LogP contribution in [0, 0.1) is 5.82 Å². The van der Waals surface area contributed by atoms with Crippen LogP contribution in [0.3, 0.4) is 0 Å². The Bertz CT molecular complexity index is 478. The number of carbonyl (C=O) groups is 1. The van der Waals surface area contributed by atoms with Crippen LogP contribution >= 0.6 is 0 Å². The summed E-state index contributed by atoms with van der Waals surface area (Å²) in [4.78, 5) is 12.1. The van der Waals surface area contributed by atoms with Gasteiger partial charge in [-0.05, 0) is 25.5 Å². The molecule has 0 bridgehead atoms. The predicted octanol–water partition coefficient (Wildman–Crippen LogP) is 1.46. The lowest BCUT2D eigenvalue weighted by Gasteiger charge is -2.31. The number of ether oxygens (including phenoxy) is 2. The zero-order valence-electron chi connectivity index (χ0n) is 11.3. The molecule has 1 amide bonds. The zero-order valence-corrected chi connectivity index (χ0v) is 11.3. The molecule has 0 aromatic heterocycles. The first-order chi connectivity index (χ1) is 9.61. The van der Waals surface area contributed by atoms with Crippen molar-refractivity contribution in [2.45, 2.75) is 25.5 Å². The smallest absolute Gasteiger partial charge is 0.254 e. The predicted molar refractivity (Wildman–Crippen MR) is 70.2 cm³/mol. The fourth-order valence-electron chi connectivity index (χ4n) is 2.19. The lowest BCUT2D eigenvalue weighted by Crippen LogP contribution is -2.50. The molecule has 1 aromatic rings. The van der Waals surface area contributed by atoms with Crippen LogP contribution in [0.15, 0.2) is 18.2 Å². The van der Waals surface area contributed by atoms with E-state index in [1.807, 2.05) is 6.92 Å². The Morgan fingerprint density at radius 3 is 3.10 bits per heavy atom. The van der Waals surface area contributed by atoms with E-state index >= 15 is 0 Å². The van der Waals surface area contributed by atoms with Gasteiger partial charge in [-0.2, -0.15) is 0 Å². The molecule has 1 saturated heterocycles. The van der Waals surface area contributed by atoms with Crippen molar-refractivity contribution in [2.24, 2.45) is 0 Å². The van der Waals surface area contributed by atoms with E-state index in [1.54, 1.807) is 0 Å². The molecule has 0 aliphatic carbocycles. The van der Waals surface area contributed by atoms with Gasteiger partial charge in [-0.1, -0.05) is 0 Å². The Labute approximate surface area is 116 Å². The second-order valence-corrected chi connectivity index (χ2v) is 4.60. The SMILES string of the molecule is CCO[C@@H]1COCC[C@H]1NC(=O)c1ccc(O)cc1F. The summed E-state index contributed by atoms with van der Waals surface area (Å²) in [5.74, 6) is -1.47. The molecule has 1 aliphatic heterocycles. The molecule has 5 nitrogen and oxygen atoms in total. The number of hydrogen-bond donors (Lipinski definition) is 2. The summed E-state index contributed by atoms with van der Waals surface area (Å²) in [7, 11) is 0. The van der Waals surface area contributed by atoms with Crippen molar-refractivity contribution < 1.29 is 23.8 Å². The molecular formula is C14H18FNO4. The maximum absolute atomic E-state index is 13.6. The Kier molecular flexibility index (Phi) is 4.92. The Balaban J connectivity index is 2.05. The molecule has 1 fully saturated rings. The number of halogens is 1. The molecule has 0 spiro atoms. The standard InChI is InChI=1S/C14H18FNO4/c1-2-20-13-8-19-6-5-12(13)16-14(18)10-4-3-9(17)7-11(10)15/h3-4,7,12-13,17H,2,5-6,8H2,1H3,(H,16,18)/t12-,13-/m1/s1. The van der Waals surface area contributed by atoms with E-state index in [9.17, 15) is 9.18 Å². The number of rotatable bonds is 4. The van der Waals surface area contributed by atoms with Crippen LogP contribution in [0.25, 0.3) is 0 Å². The number of hydrogen-bond acceptors (Lipinski definition) is 4. The van der Waals surface area contributed by atoms with Crippen LogP contribution in [-0.4, -0.2) is 43.0 Å². The maximum Gasteiger partial charge on any atom is 0.254 e. The number of phenols is 1. The molecule has 2 atom stereocenters. The fraction of sp³-hybridized carbons (Fsp3) is 0.500. The van der Waals surface area contributed by atoms with Gasteiger partial charge in [0.2, 0.25) is 0 Å². The highest BCUT2D eigenvalue weighted by atomic mass is 19.1. The van der Waals surface area contributed by atoms with Gasteiger partial charge in [0.25, 0.3) is 5.91 Å². The van der Waals surface area contributed by atoms with Crippen LogP contribution < -0.4 is 5.32 Å². The summed E-state index contributed by atoms with van der Waals surface area (Å²) < 4.78 is 24.4. The second-order valence-electron chi connectivity index (χ2n) is 4.60. The normalized spacial score (nSPS) is 22.5. The number of nitrogens with one attached hydrogen (secondary N) is 1. The Morgan fingerprint density at radius 1 is 1.60 bits per heavy atom. The lowest BCUT2D eigenvalue weighted by atomic mass is 10.0. The third-order valence-electron chi connectivity index (χ3n) is 3.20. The summed E-state index contributed by atoms with van der Waals surface area (Å²) in [6.45, 7) is 3.34. The molecule has 1 aromatic carbocycles. The summed E-state index contributed by atoms with van der Waals surface area (Å²) >= 11 is 0. The molecule has 0 saturated carbocycles. The van der Waals surface area contributed by atoms with Crippen LogP contribution in [0.2, 0.25) is 0 Å². The molecule has 6 heteroatoms. The first-order valence-corrected chi connectivity index (χ1v) is 6.60. The number of aromatic hydroxyl groups is 1. The first kappa shape index (κ1) is 14.7. The Morgan fingerprint density at radius 2 is 2.40 bits per heavy atom. The zero-order chi connectivity index (χ0) is 14.5. The van der Waals surface area contributed by atoms with E-state index in [2.05, 4.69) is 5.32 Å². The first-order valence-electron chi connectivity index (χ1n) is 6.60. The fourth-order valence-corrected chi connectivity index (χ4v) is 2.19. The van der Waals surface area contributed by atoms with E-state index < -0.39 is 11.7 Å². The average Bonchev–Trinajstić information content (AvgIpc) is 2.41. The molecule has 1 heterocycles. The van der Waals surface area contributed by atoms with Crippen molar-refractivity contribution in [1.82, 2.24) is 5.32 Å². The molecule has 110 valence electrons. The number of amides is 1. The third kappa shape index (κ3) is 3.46. The summed E-state index contributed by atoms with van der Waals surface area (Å²) in [6.07, 6.45) is 0.397. The second kappa shape index (κ2) is 6.67. The van der Waals surface area contributed by atoms with E-state index in [0.717, 1.165) is 6.07 Å². The molecule has 0 unspecified atom stereocenters. The van der Waals surface area contributed by atoms with Crippen molar-refractivity contribution in [3.8, 4) is 5.75 Å². The molecular weight excluding hydrogens is 265 g/mol. The van der Waals surface area contributed by atoms with Gasteiger partial charge in [0.05, 0.1) is 18.2 Å². The Hall–Kier alpha value is -1.66. The van der Waals surface area contributed by atoms with Gasteiger partial charge in [0.15, 0.2) is 0 Å². The van der Waals surface area contributed by atoms with Crippen molar-refractivity contribution in [1.29, 1.82) is 0 Å². The summed E-state index contributed by atoms with van der Waals surface area (Å²) in [5, 5.41) is 11.9. The van der Waals surface area contributed by atoms with E-state index in [4.69, 9.17) is 14.6 Å². The molecule has 0 radical (unpaired) electrons. The molecule has 2 N–H and O–H groups in total. The van der Waals surface area contributed by atoms with Crippen LogP contribution in [0.1, 0.15) is 23.7 Å².